The summed E-state index contributed by atoms with van der Waals surface area (Å²) in [6.45, 7) is 3.82. The summed E-state index contributed by atoms with van der Waals surface area (Å²) in [6.07, 6.45) is 5.02. The van der Waals surface area contributed by atoms with E-state index in [9.17, 15) is 18.3 Å². The van der Waals surface area contributed by atoms with Gasteiger partial charge < -0.3 is 5.11 Å². The summed E-state index contributed by atoms with van der Waals surface area (Å²) < 4.78 is 28.6. The topological polar surface area (TPSA) is 77.9 Å². The van der Waals surface area contributed by atoms with Crippen LogP contribution in [0.3, 0.4) is 0 Å². The van der Waals surface area contributed by atoms with Gasteiger partial charge in [-0.15, -0.1) is 0 Å². The molecule has 0 spiro atoms. The van der Waals surface area contributed by atoms with Crippen LogP contribution >= 0.6 is 0 Å². The quantitative estimate of drug-likeness (QED) is 0.826. The standard InChI is InChI=1S/C15H26N2O4S/c1-2-11-5-7-16(8-6-11)22(20,21)17-9-13(12-3-4-12)14(10-17)15(18)19/h11-14H,2-10H2,1H3,(H,18,19)/t13-,14+/m0/s1. The molecule has 126 valence electrons. The molecule has 0 aromatic rings. The van der Waals surface area contributed by atoms with Gasteiger partial charge >= 0.3 is 5.97 Å². The van der Waals surface area contributed by atoms with Crippen molar-refractivity contribution in [3.8, 4) is 0 Å². The number of carbonyl (C=O) groups is 1. The molecule has 0 amide bonds. The fraction of sp³-hybridized carbons (Fsp3) is 0.933. The molecule has 0 radical (unpaired) electrons. The number of carboxylic acids is 1. The largest absolute Gasteiger partial charge is 0.481 e. The van der Waals surface area contributed by atoms with Gasteiger partial charge in [-0.05, 0) is 43.4 Å². The van der Waals surface area contributed by atoms with Crippen molar-refractivity contribution in [1.29, 1.82) is 0 Å². The average Bonchev–Trinajstić information content (AvgIpc) is 3.24. The molecule has 2 saturated heterocycles. The van der Waals surface area contributed by atoms with E-state index in [1.807, 2.05) is 0 Å². The zero-order valence-electron chi connectivity index (χ0n) is 13.1. The number of rotatable bonds is 5. The highest BCUT2D eigenvalue weighted by Crippen LogP contribution is 2.45. The first-order chi connectivity index (χ1) is 10.4. The summed E-state index contributed by atoms with van der Waals surface area (Å²) in [6, 6.07) is 0. The van der Waals surface area contributed by atoms with Gasteiger partial charge in [-0.2, -0.15) is 17.0 Å². The molecule has 0 unspecified atom stereocenters. The Balaban J connectivity index is 1.69. The van der Waals surface area contributed by atoms with Crippen molar-refractivity contribution < 1.29 is 18.3 Å². The lowest BCUT2D eigenvalue weighted by atomic mass is 9.92. The molecule has 2 aliphatic heterocycles. The van der Waals surface area contributed by atoms with E-state index in [0.717, 1.165) is 32.1 Å². The van der Waals surface area contributed by atoms with Crippen LogP contribution in [0.25, 0.3) is 0 Å². The van der Waals surface area contributed by atoms with E-state index < -0.39 is 22.1 Å². The van der Waals surface area contributed by atoms with Crippen molar-refractivity contribution >= 4 is 16.2 Å². The molecule has 6 nitrogen and oxygen atoms in total. The zero-order valence-corrected chi connectivity index (χ0v) is 14.0. The predicted molar refractivity (Wildman–Crippen MR) is 82.4 cm³/mol. The van der Waals surface area contributed by atoms with Crippen molar-refractivity contribution in [2.45, 2.75) is 39.0 Å². The van der Waals surface area contributed by atoms with E-state index in [1.54, 1.807) is 4.31 Å². The third-order valence-corrected chi connectivity index (χ3v) is 7.65. The van der Waals surface area contributed by atoms with Crippen LogP contribution in [-0.2, 0) is 15.0 Å². The predicted octanol–water partition coefficient (Wildman–Crippen LogP) is 1.40. The van der Waals surface area contributed by atoms with Gasteiger partial charge in [-0.25, -0.2) is 0 Å². The van der Waals surface area contributed by atoms with E-state index in [0.29, 0.717) is 31.5 Å². The lowest BCUT2D eigenvalue weighted by Crippen LogP contribution is -2.46. The Hall–Kier alpha value is -0.660. The van der Waals surface area contributed by atoms with Gasteiger partial charge in [0.25, 0.3) is 10.2 Å². The fourth-order valence-corrected chi connectivity index (χ4v) is 5.66. The van der Waals surface area contributed by atoms with Gasteiger partial charge in [0.2, 0.25) is 0 Å². The number of aliphatic carboxylic acids is 1. The lowest BCUT2D eigenvalue weighted by Gasteiger charge is -2.33. The van der Waals surface area contributed by atoms with E-state index in [4.69, 9.17) is 0 Å². The second-order valence-corrected chi connectivity index (χ2v) is 8.95. The van der Waals surface area contributed by atoms with E-state index in [-0.39, 0.29) is 12.5 Å². The SMILES string of the molecule is CCC1CCN(S(=O)(=O)N2C[C@@H](C(=O)O)[C@H](C3CC3)C2)CC1. The molecular weight excluding hydrogens is 304 g/mol. The molecule has 0 aromatic carbocycles. The van der Waals surface area contributed by atoms with Gasteiger partial charge in [0.1, 0.15) is 0 Å². The molecule has 3 aliphatic rings. The molecule has 2 atom stereocenters. The highest BCUT2D eigenvalue weighted by molar-refractivity contribution is 7.86. The van der Waals surface area contributed by atoms with E-state index in [1.165, 1.54) is 4.31 Å². The molecule has 1 saturated carbocycles. The second kappa shape index (κ2) is 6.09. The monoisotopic (exact) mass is 330 g/mol. The molecule has 2 heterocycles. The van der Waals surface area contributed by atoms with Gasteiger partial charge in [0, 0.05) is 26.2 Å². The smallest absolute Gasteiger partial charge is 0.308 e. The number of carboxylic acid groups (broad SMARTS) is 1. The van der Waals surface area contributed by atoms with Gasteiger partial charge in [-0.1, -0.05) is 13.3 Å². The highest BCUT2D eigenvalue weighted by Gasteiger charge is 2.49. The molecule has 1 N–H and O–H groups in total. The van der Waals surface area contributed by atoms with Crippen LogP contribution in [0.5, 0.6) is 0 Å². The molecule has 0 aromatic heterocycles. The molecule has 7 heteroatoms. The maximum Gasteiger partial charge on any atom is 0.308 e. The summed E-state index contributed by atoms with van der Waals surface area (Å²) >= 11 is 0. The normalized spacial score (nSPS) is 32.4. The van der Waals surface area contributed by atoms with Crippen molar-refractivity contribution in [3.05, 3.63) is 0 Å². The summed E-state index contributed by atoms with van der Waals surface area (Å²) in [7, 11) is -3.50. The Morgan fingerprint density at radius 2 is 1.73 bits per heavy atom. The Kier molecular flexibility index (Phi) is 4.49. The Morgan fingerprint density at radius 3 is 2.23 bits per heavy atom. The molecule has 22 heavy (non-hydrogen) atoms. The van der Waals surface area contributed by atoms with Crippen molar-refractivity contribution in [1.82, 2.24) is 8.61 Å². The second-order valence-electron chi connectivity index (χ2n) is 7.02. The third kappa shape index (κ3) is 3.03. The molecule has 3 rings (SSSR count). The first kappa shape index (κ1) is 16.2. The van der Waals surface area contributed by atoms with Crippen molar-refractivity contribution in [3.63, 3.8) is 0 Å². The number of hydrogen-bond acceptors (Lipinski definition) is 3. The van der Waals surface area contributed by atoms with Crippen LogP contribution < -0.4 is 0 Å². The van der Waals surface area contributed by atoms with Gasteiger partial charge in [0.05, 0.1) is 5.92 Å². The minimum atomic E-state index is -3.50. The minimum absolute atomic E-state index is 0.000422. The number of nitrogens with zero attached hydrogens (tertiary/aromatic N) is 2. The number of hydrogen-bond donors (Lipinski definition) is 1. The first-order valence-corrected chi connectivity index (χ1v) is 9.81. The highest BCUT2D eigenvalue weighted by atomic mass is 32.2. The summed E-state index contributed by atoms with van der Waals surface area (Å²) in [4.78, 5) is 11.4. The fourth-order valence-electron chi connectivity index (χ4n) is 3.95. The first-order valence-electron chi connectivity index (χ1n) is 8.41. The summed E-state index contributed by atoms with van der Waals surface area (Å²) in [5, 5.41) is 9.39. The average molecular weight is 330 g/mol. The van der Waals surface area contributed by atoms with Crippen LogP contribution in [0.15, 0.2) is 0 Å². The van der Waals surface area contributed by atoms with E-state index >= 15 is 0 Å². The Labute approximate surface area is 132 Å². The van der Waals surface area contributed by atoms with Gasteiger partial charge in [0.15, 0.2) is 0 Å². The van der Waals surface area contributed by atoms with Crippen molar-refractivity contribution in [2.24, 2.45) is 23.7 Å². The van der Waals surface area contributed by atoms with E-state index in [2.05, 4.69) is 6.92 Å². The Bertz CT molecular complexity index is 524. The third-order valence-electron chi connectivity index (χ3n) is 5.68. The molecular formula is C15H26N2O4S. The molecule has 1 aliphatic carbocycles. The van der Waals surface area contributed by atoms with Crippen LogP contribution in [-0.4, -0.2) is 54.3 Å². The van der Waals surface area contributed by atoms with Crippen LogP contribution in [0.2, 0.25) is 0 Å². The van der Waals surface area contributed by atoms with Crippen LogP contribution in [0, 0.1) is 23.7 Å². The lowest BCUT2D eigenvalue weighted by molar-refractivity contribution is -0.142. The Morgan fingerprint density at radius 1 is 1.09 bits per heavy atom. The maximum atomic E-state index is 12.8. The van der Waals surface area contributed by atoms with Crippen LogP contribution in [0.4, 0.5) is 0 Å². The zero-order chi connectivity index (χ0) is 15.9. The summed E-state index contributed by atoms with van der Waals surface area (Å²) in [5.41, 5.74) is 0. The van der Waals surface area contributed by atoms with Gasteiger partial charge in [-0.3, -0.25) is 4.79 Å². The summed E-state index contributed by atoms with van der Waals surface area (Å²) in [5.74, 6) is -0.349. The van der Waals surface area contributed by atoms with Crippen LogP contribution in [0.1, 0.15) is 39.0 Å². The minimum Gasteiger partial charge on any atom is -0.481 e. The molecule has 0 bridgehead atoms. The number of piperidine rings is 1. The maximum absolute atomic E-state index is 12.8. The molecule has 3 fully saturated rings. The van der Waals surface area contributed by atoms with Crippen molar-refractivity contribution in [2.75, 3.05) is 26.2 Å².